The maximum absolute atomic E-state index is 5.62. The van der Waals surface area contributed by atoms with Crippen molar-refractivity contribution >= 4 is 0 Å². The minimum Gasteiger partial charge on any atom is -0.378 e. The number of nitrogens with one attached hydrogen (secondary N) is 1. The molecular formula is C12H21NO. The van der Waals surface area contributed by atoms with Crippen LogP contribution in [-0.4, -0.2) is 25.8 Å². The first kappa shape index (κ1) is 11.6. The minimum atomic E-state index is 0.488. The van der Waals surface area contributed by atoms with Crippen LogP contribution in [0.1, 0.15) is 39.0 Å². The molecule has 2 unspecified atom stereocenters. The van der Waals surface area contributed by atoms with E-state index in [1.165, 1.54) is 12.8 Å². The topological polar surface area (TPSA) is 21.3 Å². The first-order valence-corrected chi connectivity index (χ1v) is 5.55. The highest BCUT2D eigenvalue weighted by atomic mass is 16.5. The molecule has 1 aliphatic rings. The van der Waals surface area contributed by atoms with E-state index in [0.29, 0.717) is 12.1 Å². The highest BCUT2D eigenvalue weighted by Crippen LogP contribution is 2.18. The Balaban J connectivity index is 2.18. The molecule has 0 radical (unpaired) electrons. The molecule has 0 saturated carbocycles. The van der Waals surface area contributed by atoms with Crippen molar-refractivity contribution in [2.45, 2.75) is 51.2 Å². The molecule has 2 atom stereocenters. The van der Waals surface area contributed by atoms with Gasteiger partial charge in [0.1, 0.15) is 0 Å². The molecule has 0 aromatic heterocycles. The van der Waals surface area contributed by atoms with E-state index in [0.717, 1.165) is 25.9 Å². The lowest BCUT2D eigenvalue weighted by Crippen LogP contribution is -2.29. The largest absolute Gasteiger partial charge is 0.378 e. The normalized spacial score (nSPS) is 22.9. The summed E-state index contributed by atoms with van der Waals surface area (Å²) in [5, 5.41) is 3.34. The summed E-state index contributed by atoms with van der Waals surface area (Å²) in [7, 11) is 2.03. The Morgan fingerprint density at radius 1 is 1.57 bits per heavy atom. The smallest absolute Gasteiger partial charge is 0.0590 e. The van der Waals surface area contributed by atoms with E-state index in [4.69, 9.17) is 4.74 Å². The van der Waals surface area contributed by atoms with Crippen LogP contribution in [0, 0.1) is 11.8 Å². The Bertz CT molecular complexity index is 198. The molecule has 1 heterocycles. The van der Waals surface area contributed by atoms with Gasteiger partial charge in [-0.15, -0.1) is 11.8 Å². The standard InChI is InChI=1S/C12H21NO/c1-3-4-5-7-11(13-2)10-12-8-6-9-14-12/h11-13H,5-10H2,1-2H3. The number of rotatable bonds is 5. The molecule has 1 rings (SSSR count). The van der Waals surface area contributed by atoms with Crippen LogP contribution < -0.4 is 5.32 Å². The second kappa shape index (κ2) is 6.86. The van der Waals surface area contributed by atoms with E-state index in [1.54, 1.807) is 0 Å². The zero-order valence-electron chi connectivity index (χ0n) is 9.31. The van der Waals surface area contributed by atoms with Crippen LogP contribution in [0.4, 0.5) is 0 Å². The summed E-state index contributed by atoms with van der Waals surface area (Å²) in [6.07, 6.45) is 6.23. The SMILES string of the molecule is CC#CCCC(CC1CCCO1)NC. The maximum atomic E-state index is 5.62. The van der Waals surface area contributed by atoms with E-state index < -0.39 is 0 Å². The number of hydrogen-bond donors (Lipinski definition) is 1. The van der Waals surface area contributed by atoms with Gasteiger partial charge in [0.15, 0.2) is 0 Å². The third-order valence-corrected chi connectivity index (χ3v) is 2.77. The lowest BCUT2D eigenvalue weighted by atomic mass is 10.0. The van der Waals surface area contributed by atoms with Gasteiger partial charge in [-0.3, -0.25) is 0 Å². The third-order valence-electron chi connectivity index (χ3n) is 2.77. The fraction of sp³-hybridized carbons (Fsp3) is 0.833. The van der Waals surface area contributed by atoms with E-state index in [2.05, 4.69) is 17.2 Å². The molecule has 0 bridgehead atoms. The molecule has 0 spiro atoms. The van der Waals surface area contributed by atoms with Crippen molar-refractivity contribution in [1.29, 1.82) is 0 Å². The van der Waals surface area contributed by atoms with Crippen molar-refractivity contribution < 1.29 is 4.74 Å². The first-order valence-electron chi connectivity index (χ1n) is 5.55. The molecule has 14 heavy (non-hydrogen) atoms. The molecule has 1 aliphatic heterocycles. The average molecular weight is 195 g/mol. The van der Waals surface area contributed by atoms with Gasteiger partial charge in [0.2, 0.25) is 0 Å². The van der Waals surface area contributed by atoms with Crippen LogP contribution in [0.3, 0.4) is 0 Å². The lowest BCUT2D eigenvalue weighted by molar-refractivity contribution is 0.0946. The zero-order chi connectivity index (χ0) is 10.2. The second-order valence-corrected chi connectivity index (χ2v) is 3.82. The lowest BCUT2D eigenvalue weighted by Gasteiger charge is -2.18. The summed E-state index contributed by atoms with van der Waals surface area (Å²) in [6.45, 7) is 2.85. The van der Waals surface area contributed by atoms with Gasteiger partial charge in [-0.25, -0.2) is 0 Å². The molecule has 0 aliphatic carbocycles. The van der Waals surface area contributed by atoms with Gasteiger partial charge in [-0.05, 0) is 39.7 Å². The van der Waals surface area contributed by atoms with Gasteiger partial charge in [0.25, 0.3) is 0 Å². The summed E-state index contributed by atoms with van der Waals surface area (Å²) in [6, 6.07) is 0.568. The van der Waals surface area contributed by atoms with Crippen molar-refractivity contribution in [3.05, 3.63) is 0 Å². The van der Waals surface area contributed by atoms with Gasteiger partial charge >= 0.3 is 0 Å². The summed E-state index contributed by atoms with van der Waals surface area (Å²) in [5.41, 5.74) is 0. The summed E-state index contributed by atoms with van der Waals surface area (Å²) >= 11 is 0. The highest BCUT2D eigenvalue weighted by Gasteiger charge is 2.19. The van der Waals surface area contributed by atoms with Crippen LogP contribution in [0.5, 0.6) is 0 Å². The molecule has 0 aromatic carbocycles. The Morgan fingerprint density at radius 3 is 3.00 bits per heavy atom. The fourth-order valence-electron chi connectivity index (χ4n) is 1.90. The van der Waals surface area contributed by atoms with Gasteiger partial charge in [0, 0.05) is 19.1 Å². The number of hydrogen-bond acceptors (Lipinski definition) is 2. The molecule has 1 N–H and O–H groups in total. The molecule has 2 heteroatoms. The zero-order valence-corrected chi connectivity index (χ0v) is 9.31. The third kappa shape index (κ3) is 4.13. The molecule has 0 aromatic rings. The van der Waals surface area contributed by atoms with Crippen molar-refractivity contribution in [2.75, 3.05) is 13.7 Å². The Hall–Kier alpha value is -0.520. The molecule has 80 valence electrons. The Kier molecular flexibility index (Phi) is 5.66. The summed E-state index contributed by atoms with van der Waals surface area (Å²) < 4.78 is 5.62. The Morgan fingerprint density at radius 2 is 2.43 bits per heavy atom. The van der Waals surface area contributed by atoms with Crippen LogP contribution in [0.2, 0.25) is 0 Å². The van der Waals surface area contributed by atoms with Crippen molar-refractivity contribution in [3.63, 3.8) is 0 Å². The van der Waals surface area contributed by atoms with Crippen LogP contribution in [0.25, 0.3) is 0 Å². The summed E-state index contributed by atoms with van der Waals surface area (Å²) in [5.74, 6) is 6.04. The number of ether oxygens (including phenoxy) is 1. The van der Waals surface area contributed by atoms with Gasteiger partial charge < -0.3 is 10.1 Å². The quantitative estimate of drug-likeness (QED) is 0.677. The fourth-order valence-corrected chi connectivity index (χ4v) is 1.90. The molecule has 1 saturated heterocycles. The van der Waals surface area contributed by atoms with E-state index in [1.807, 2.05) is 14.0 Å². The minimum absolute atomic E-state index is 0.488. The van der Waals surface area contributed by atoms with E-state index in [9.17, 15) is 0 Å². The predicted molar refractivity (Wildman–Crippen MR) is 59.1 cm³/mol. The molecule has 1 fully saturated rings. The predicted octanol–water partition coefficient (Wildman–Crippen LogP) is 1.95. The molecular weight excluding hydrogens is 174 g/mol. The highest BCUT2D eigenvalue weighted by molar-refractivity contribution is 4.95. The van der Waals surface area contributed by atoms with Crippen LogP contribution in [-0.2, 0) is 4.74 Å². The molecule has 0 amide bonds. The Labute approximate surface area is 87.4 Å². The van der Waals surface area contributed by atoms with Gasteiger partial charge in [-0.1, -0.05) is 0 Å². The first-order chi connectivity index (χ1) is 6.86. The van der Waals surface area contributed by atoms with E-state index in [-0.39, 0.29) is 0 Å². The monoisotopic (exact) mass is 195 g/mol. The second-order valence-electron chi connectivity index (χ2n) is 3.82. The van der Waals surface area contributed by atoms with Crippen molar-refractivity contribution in [2.24, 2.45) is 0 Å². The van der Waals surface area contributed by atoms with E-state index >= 15 is 0 Å². The van der Waals surface area contributed by atoms with Crippen LogP contribution >= 0.6 is 0 Å². The maximum Gasteiger partial charge on any atom is 0.0590 e. The molecule has 2 nitrogen and oxygen atoms in total. The summed E-state index contributed by atoms with van der Waals surface area (Å²) in [4.78, 5) is 0. The average Bonchev–Trinajstić information content (AvgIpc) is 2.69. The van der Waals surface area contributed by atoms with Crippen molar-refractivity contribution in [1.82, 2.24) is 5.32 Å². The van der Waals surface area contributed by atoms with Gasteiger partial charge in [-0.2, -0.15) is 0 Å². The van der Waals surface area contributed by atoms with Crippen molar-refractivity contribution in [3.8, 4) is 11.8 Å². The van der Waals surface area contributed by atoms with Crippen LogP contribution in [0.15, 0.2) is 0 Å². The van der Waals surface area contributed by atoms with Gasteiger partial charge in [0.05, 0.1) is 6.10 Å².